The van der Waals surface area contributed by atoms with Gasteiger partial charge < -0.3 is 0 Å². The van der Waals surface area contributed by atoms with Gasteiger partial charge in [-0.3, -0.25) is 4.90 Å². The molecule has 0 radical (unpaired) electrons. The fraction of sp³-hybridized carbons (Fsp3) is 0.533. The summed E-state index contributed by atoms with van der Waals surface area (Å²) in [5.41, 5.74) is 1.35. The molecule has 5 heteroatoms. The van der Waals surface area contributed by atoms with Crippen molar-refractivity contribution in [3.8, 4) is 0 Å². The summed E-state index contributed by atoms with van der Waals surface area (Å²) in [6, 6.07) is 11.1. The average Bonchev–Trinajstić information content (AvgIpc) is 2.94. The Morgan fingerprint density at radius 1 is 1.30 bits per heavy atom. The molecular formula is C15H21N5. The molecule has 1 aliphatic rings. The lowest BCUT2D eigenvalue weighted by Gasteiger charge is -2.38. The molecule has 2 atom stereocenters. The van der Waals surface area contributed by atoms with Gasteiger partial charge >= 0.3 is 0 Å². The van der Waals surface area contributed by atoms with E-state index >= 15 is 0 Å². The Bertz CT molecular complexity index is 550. The van der Waals surface area contributed by atoms with E-state index in [1.165, 1.54) is 12.0 Å². The molecular weight excluding hydrogens is 250 g/mol. The molecule has 0 saturated heterocycles. The number of tetrazole rings is 1. The third-order valence-electron chi connectivity index (χ3n) is 4.31. The van der Waals surface area contributed by atoms with Crippen LogP contribution in [0.2, 0.25) is 0 Å². The van der Waals surface area contributed by atoms with Crippen LogP contribution in [0.15, 0.2) is 30.3 Å². The highest BCUT2D eigenvalue weighted by Crippen LogP contribution is 2.24. The van der Waals surface area contributed by atoms with Gasteiger partial charge in [0, 0.05) is 12.6 Å². The summed E-state index contributed by atoms with van der Waals surface area (Å²) in [6.07, 6.45) is 1.17. The van der Waals surface area contributed by atoms with Gasteiger partial charge in [-0.15, -0.1) is 5.10 Å². The average molecular weight is 271 g/mol. The Morgan fingerprint density at radius 2 is 2.10 bits per heavy atom. The standard InChI is InChI=1S/C15H21N5/c1-3-12(2)14-10-20-15(16-17-18-20)11-19(14)9-13-7-5-4-6-8-13/h4-8,12,14H,3,9-11H2,1-2H3/t12-,14+/m0/s1. The van der Waals surface area contributed by atoms with E-state index in [0.29, 0.717) is 12.0 Å². The van der Waals surface area contributed by atoms with Gasteiger partial charge in [-0.2, -0.15) is 0 Å². The molecule has 0 N–H and O–H groups in total. The van der Waals surface area contributed by atoms with Crippen molar-refractivity contribution in [2.24, 2.45) is 5.92 Å². The smallest absolute Gasteiger partial charge is 0.165 e. The first-order chi connectivity index (χ1) is 9.78. The molecule has 0 aliphatic carbocycles. The maximum atomic E-state index is 4.13. The molecule has 2 aromatic rings. The zero-order valence-electron chi connectivity index (χ0n) is 12.1. The van der Waals surface area contributed by atoms with Gasteiger partial charge in [0.25, 0.3) is 0 Å². The fourth-order valence-electron chi connectivity index (χ4n) is 2.87. The zero-order valence-corrected chi connectivity index (χ0v) is 12.1. The van der Waals surface area contributed by atoms with E-state index in [1.54, 1.807) is 0 Å². The molecule has 106 valence electrons. The summed E-state index contributed by atoms with van der Waals surface area (Å²) < 4.78 is 1.96. The number of rotatable bonds is 4. The summed E-state index contributed by atoms with van der Waals surface area (Å²) in [5.74, 6) is 1.61. The van der Waals surface area contributed by atoms with Gasteiger partial charge in [-0.05, 0) is 21.9 Å². The number of aromatic nitrogens is 4. The Balaban J connectivity index is 1.83. The van der Waals surface area contributed by atoms with Crippen molar-refractivity contribution in [1.82, 2.24) is 25.1 Å². The van der Waals surface area contributed by atoms with Crippen molar-refractivity contribution in [2.75, 3.05) is 0 Å². The Labute approximate surface area is 119 Å². The van der Waals surface area contributed by atoms with Crippen LogP contribution in [0.4, 0.5) is 0 Å². The molecule has 0 amide bonds. The summed E-state index contributed by atoms with van der Waals surface area (Å²) >= 11 is 0. The van der Waals surface area contributed by atoms with E-state index in [-0.39, 0.29) is 0 Å². The second-order valence-electron chi connectivity index (χ2n) is 5.62. The van der Waals surface area contributed by atoms with Gasteiger partial charge in [0.2, 0.25) is 0 Å². The number of nitrogens with zero attached hydrogens (tertiary/aromatic N) is 5. The molecule has 2 heterocycles. The van der Waals surface area contributed by atoms with Crippen molar-refractivity contribution in [3.63, 3.8) is 0 Å². The van der Waals surface area contributed by atoms with Crippen LogP contribution in [0.25, 0.3) is 0 Å². The molecule has 20 heavy (non-hydrogen) atoms. The molecule has 0 bridgehead atoms. The minimum absolute atomic E-state index is 0.496. The predicted molar refractivity (Wildman–Crippen MR) is 76.7 cm³/mol. The Morgan fingerprint density at radius 3 is 2.85 bits per heavy atom. The van der Waals surface area contributed by atoms with Crippen LogP contribution < -0.4 is 0 Å². The molecule has 0 spiro atoms. The number of hydrogen-bond acceptors (Lipinski definition) is 4. The van der Waals surface area contributed by atoms with E-state index in [2.05, 4.69) is 64.6 Å². The van der Waals surface area contributed by atoms with Crippen LogP contribution in [0, 0.1) is 5.92 Å². The first-order valence-electron chi connectivity index (χ1n) is 7.31. The van der Waals surface area contributed by atoms with Crippen LogP contribution in [0.5, 0.6) is 0 Å². The molecule has 3 rings (SSSR count). The first kappa shape index (κ1) is 13.2. The Kier molecular flexibility index (Phi) is 3.78. The van der Waals surface area contributed by atoms with Crippen molar-refractivity contribution in [1.29, 1.82) is 0 Å². The highest BCUT2D eigenvalue weighted by molar-refractivity contribution is 5.15. The van der Waals surface area contributed by atoms with E-state index in [9.17, 15) is 0 Å². The van der Waals surface area contributed by atoms with Crippen molar-refractivity contribution < 1.29 is 0 Å². The number of hydrogen-bond donors (Lipinski definition) is 0. The third-order valence-corrected chi connectivity index (χ3v) is 4.31. The van der Waals surface area contributed by atoms with E-state index in [1.807, 2.05) is 4.68 Å². The van der Waals surface area contributed by atoms with E-state index in [0.717, 1.165) is 25.5 Å². The first-order valence-corrected chi connectivity index (χ1v) is 7.31. The molecule has 0 unspecified atom stereocenters. The predicted octanol–water partition coefficient (Wildman–Crippen LogP) is 2.10. The molecule has 5 nitrogen and oxygen atoms in total. The van der Waals surface area contributed by atoms with Gasteiger partial charge in [-0.1, -0.05) is 50.6 Å². The monoisotopic (exact) mass is 271 g/mol. The lowest BCUT2D eigenvalue weighted by atomic mass is 9.95. The lowest BCUT2D eigenvalue weighted by Crippen LogP contribution is -2.46. The second-order valence-corrected chi connectivity index (χ2v) is 5.62. The minimum Gasteiger partial charge on any atom is -0.287 e. The van der Waals surface area contributed by atoms with Gasteiger partial charge in [0.05, 0.1) is 13.1 Å². The van der Waals surface area contributed by atoms with Crippen molar-refractivity contribution >= 4 is 0 Å². The largest absolute Gasteiger partial charge is 0.287 e. The van der Waals surface area contributed by atoms with Gasteiger partial charge in [-0.25, -0.2) is 4.68 Å². The maximum absolute atomic E-state index is 4.13. The minimum atomic E-state index is 0.496. The van der Waals surface area contributed by atoms with E-state index < -0.39 is 0 Å². The van der Waals surface area contributed by atoms with Crippen LogP contribution in [0.3, 0.4) is 0 Å². The Hall–Kier alpha value is -1.75. The van der Waals surface area contributed by atoms with Crippen LogP contribution in [-0.4, -0.2) is 31.1 Å². The van der Waals surface area contributed by atoms with Crippen molar-refractivity contribution in [3.05, 3.63) is 41.7 Å². The fourth-order valence-corrected chi connectivity index (χ4v) is 2.87. The number of benzene rings is 1. The molecule has 0 saturated carbocycles. The van der Waals surface area contributed by atoms with Crippen LogP contribution in [0.1, 0.15) is 31.7 Å². The van der Waals surface area contributed by atoms with Gasteiger partial charge in [0.15, 0.2) is 5.82 Å². The summed E-state index contributed by atoms with van der Waals surface area (Å²) in [5, 5.41) is 12.0. The zero-order chi connectivity index (χ0) is 13.9. The summed E-state index contributed by atoms with van der Waals surface area (Å²) in [6.45, 7) is 7.25. The molecule has 0 fully saturated rings. The SMILES string of the molecule is CC[C@H](C)[C@H]1Cn2nnnc2CN1Cc1ccccc1. The quantitative estimate of drug-likeness (QED) is 0.854. The van der Waals surface area contributed by atoms with Gasteiger partial charge in [0.1, 0.15) is 0 Å². The molecule has 1 aromatic carbocycles. The molecule has 1 aliphatic heterocycles. The normalized spacial score (nSPS) is 20.6. The lowest BCUT2D eigenvalue weighted by molar-refractivity contribution is 0.0805. The van der Waals surface area contributed by atoms with E-state index in [4.69, 9.17) is 0 Å². The van der Waals surface area contributed by atoms with Crippen molar-refractivity contribution in [2.45, 2.75) is 45.9 Å². The molecule has 1 aromatic heterocycles. The maximum Gasteiger partial charge on any atom is 0.165 e. The topological polar surface area (TPSA) is 46.8 Å². The third kappa shape index (κ3) is 2.58. The summed E-state index contributed by atoms with van der Waals surface area (Å²) in [4.78, 5) is 2.51. The second kappa shape index (κ2) is 5.71. The highest BCUT2D eigenvalue weighted by Gasteiger charge is 2.31. The van der Waals surface area contributed by atoms with Crippen LogP contribution >= 0.6 is 0 Å². The summed E-state index contributed by atoms with van der Waals surface area (Å²) in [7, 11) is 0. The van der Waals surface area contributed by atoms with Crippen LogP contribution in [-0.2, 0) is 19.6 Å². The number of fused-ring (bicyclic) bond motifs is 1. The highest BCUT2D eigenvalue weighted by atomic mass is 15.6.